The molecule has 0 bridgehead atoms. The smallest absolute Gasteiger partial charge is 0.0897 e. The first-order valence-corrected chi connectivity index (χ1v) is 5.85. The maximum atomic E-state index is 9.40. The molecule has 4 heteroatoms. The Bertz CT molecular complexity index is 370. The average molecular weight is 242 g/mol. The van der Waals surface area contributed by atoms with Crippen LogP contribution in [0.1, 0.15) is 11.1 Å². The van der Waals surface area contributed by atoms with Gasteiger partial charge < -0.3 is 10.2 Å². The number of hydrogen-bond donors (Lipinski definition) is 2. The van der Waals surface area contributed by atoms with Crippen LogP contribution in [0.5, 0.6) is 0 Å². The van der Waals surface area contributed by atoms with Crippen molar-refractivity contribution in [2.75, 3.05) is 19.7 Å². The largest absolute Gasteiger partial charge is 0.394 e. The molecule has 0 saturated carbocycles. The van der Waals surface area contributed by atoms with E-state index in [-0.39, 0.29) is 6.61 Å². The van der Waals surface area contributed by atoms with Crippen LogP contribution >= 0.6 is 11.6 Å². The number of fused-ring (bicyclic) bond motifs is 1. The van der Waals surface area contributed by atoms with E-state index in [0.29, 0.717) is 6.54 Å². The zero-order valence-corrected chi connectivity index (χ0v) is 9.82. The van der Waals surface area contributed by atoms with Crippen LogP contribution in [0.3, 0.4) is 0 Å². The lowest BCUT2D eigenvalue weighted by Gasteiger charge is -2.30. The Morgan fingerprint density at radius 3 is 2.94 bits per heavy atom. The number of aliphatic hydroxyl groups is 2. The van der Waals surface area contributed by atoms with Gasteiger partial charge in [-0.2, -0.15) is 0 Å². The average Bonchev–Trinajstić information content (AvgIpc) is 2.28. The Morgan fingerprint density at radius 1 is 1.38 bits per heavy atom. The van der Waals surface area contributed by atoms with Gasteiger partial charge in [0.05, 0.1) is 12.7 Å². The molecule has 16 heavy (non-hydrogen) atoms. The third-order valence-electron chi connectivity index (χ3n) is 2.94. The minimum Gasteiger partial charge on any atom is -0.394 e. The molecule has 0 aromatic heterocycles. The van der Waals surface area contributed by atoms with Crippen molar-refractivity contribution in [3.63, 3.8) is 0 Å². The second kappa shape index (κ2) is 5.15. The molecule has 0 radical (unpaired) electrons. The lowest BCUT2D eigenvalue weighted by atomic mass is 10.00. The summed E-state index contributed by atoms with van der Waals surface area (Å²) in [7, 11) is 0. The topological polar surface area (TPSA) is 43.7 Å². The fourth-order valence-electron chi connectivity index (χ4n) is 2.10. The Morgan fingerprint density at radius 2 is 2.19 bits per heavy atom. The van der Waals surface area contributed by atoms with E-state index in [1.165, 1.54) is 11.1 Å². The van der Waals surface area contributed by atoms with Gasteiger partial charge in [0, 0.05) is 24.7 Å². The third-order valence-corrected chi connectivity index (χ3v) is 3.17. The quantitative estimate of drug-likeness (QED) is 0.832. The van der Waals surface area contributed by atoms with Crippen molar-refractivity contribution in [2.24, 2.45) is 0 Å². The van der Waals surface area contributed by atoms with Gasteiger partial charge in [0.2, 0.25) is 0 Å². The number of β-amino-alcohol motifs (C(OH)–C–C–N with tert-alkyl or cyclic N) is 1. The SMILES string of the molecule is OCC(O)CN1CCc2ccc(Cl)cc2C1. The van der Waals surface area contributed by atoms with Gasteiger partial charge in [-0.1, -0.05) is 17.7 Å². The van der Waals surface area contributed by atoms with Gasteiger partial charge in [-0.05, 0) is 29.7 Å². The summed E-state index contributed by atoms with van der Waals surface area (Å²) in [6, 6.07) is 5.96. The second-order valence-corrected chi connectivity index (χ2v) is 4.67. The standard InChI is InChI=1S/C12H16ClNO2/c13-11-2-1-9-3-4-14(6-10(9)5-11)7-12(16)8-15/h1-2,5,12,15-16H,3-4,6-8H2. The molecule has 1 unspecified atom stereocenters. The molecule has 1 aromatic carbocycles. The van der Waals surface area contributed by atoms with Gasteiger partial charge >= 0.3 is 0 Å². The fourth-order valence-corrected chi connectivity index (χ4v) is 2.29. The highest BCUT2D eigenvalue weighted by Crippen LogP contribution is 2.22. The number of rotatable bonds is 3. The zero-order valence-electron chi connectivity index (χ0n) is 9.06. The molecule has 3 nitrogen and oxygen atoms in total. The van der Waals surface area contributed by atoms with E-state index < -0.39 is 6.10 Å². The van der Waals surface area contributed by atoms with E-state index in [4.69, 9.17) is 16.7 Å². The summed E-state index contributed by atoms with van der Waals surface area (Å²) >= 11 is 5.95. The molecule has 2 rings (SSSR count). The lowest BCUT2D eigenvalue weighted by Crippen LogP contribution is -2.37. The number of benzene rings is 1. The van der Waals surface area contributed by atoms with Gasteiger partial charge in [-0.15, -0.1) is 0 Å². The number of aliphatic hydroxyl groups excluding tert-OH is 2. The summed E-state index contributed by atoms with van der Waals surface area (Å²) in [5.41, 5.74) is 2.56. The molecule has 1 heterocycles. The van der Waals surface area contributed by atoms with Crippen molar-refractivity contribution in [3.05, 3.63) is 34.3 Å². The van der Waals surface area contributed by atoms with E-state index in [2.05, 4.69) is 11.0 Å². The van der Waals surface area contributed by atoms with Crippen molar-refractivity contribution in [3.8, 4) is 0 Å². The third kappa shape index (κ3) is 2.74. The molecule has 1 aliphatic rings. The van der Waals surface area contributed by atoms with E-state index in [1.807, 2.05) is 12.1 Å². The second-order valence-electron chi connectivity index (χ2n) is 4.23. The molecular weight excluding hydrogens is 226 g/mol. The molecule has 1 aliphatic heterocycles. The first-order chi connectivity index (χ1) is 7.69. The van der Waals surface area contributed by atoms with Gasteiger partial charge in [0.15, 0.2) is 0 Å². The Labute approximate surface area is 100 Å². The Hall–Kier alpha value is -0.610. The minimum atomic E-state index is -0.652. The van der Waals surface area contributed by atoms with Gasteiger partial charge in [-0.25, -0.2) is 0 Å². The summed E-state index contributed by atoms with van der Waals surface area (Å²) < 4.78 is 0. The highest BCUT2D eigenvalue weighted by molar-refractivity contribution is 6.30. The normalized spacial score (nSPS) is 18.2. The minimum absolute atomic E-state index is 0.182. The van der Waals surface area contributed by atoms with Crippen LogP contribution in [0.4, 0.5) is 0 Å². The van der Waals surface area contributed by atoms with Crippen LogP contribution in [0.2, 0.25) is 5.02 Å². The van der Waals surface area contributed by atoms with E-state index in [9.17, 15) is 5.11 Å². The number of nitrogens with zero attached hydrogens (tertiary/aromatic N) is 1. The van der Waals surface area contributed by atoms with Gasteiger partial charge in [0.25, 0.3) is 0 Å². The highest BCUT2D eigenvalue weighted by Gasteiger charge is 2.18. The van der Waals surface area contributed by atoms with E-state index >= 15 is 0 Å². The van der Waals surface area contributed by atoms with Crippen LogP contribution in [0, 0.1) is 0 Å². The van der Waals surface area contributed by atoms with Crippen molar-refractivity contribution in [1.29, 1.82) is 0 Å². The summed E-state index contributed by atoms with van der Waals surface area (Å²) in [6.07, 6.45) is 0.325. The monoisotopic (exact) mass is 241 g/mol. The molecule has 88 valence electrons. The molecule has 0 amide bonds. The molecular formula is C12H16ClNO2. The predicted octanol–water partition coefficient (Wildman–Crippen LogP) is 1.05. The van der Waals surface area contributed by atoms with Crippen molar-refractivity contribution in [1.82, 2.24) is 4.90 Å². The van der Waals surface area contributed by atoms with Crippen LogP contribution in [-0.4, -0.2) is 40.9 Å². The van der Waals surface area contributed by atoms with E-state index in [1.54, 1.807) is 0 Å². The maximum Gasteiger partial charge on any atom is 0.0897 e. The van der Waals surface area contributed by atoms with Gasteiger partial charge in [0.1, 0.15) is 0 Å². The molecule has 1 aromatic rings. The van der Waals surface area contributed by atoms with E-state index in [0.717, 1.165) is 24.5 Å². The molecule has 0 aliphatic carbocycles. The van der Waals surface area contributed by atoms with Crippen LogP contribution in [-0.2, 0) is 13.0 Å². The molecule has 2 N–H and O–H groups in total. The number of halogens is 1. The molecule has 0 saturated heterocycles. The van der Waals surface area contributed by atoms with Crippen LogP contribution in [0.15, 0.2) is 18.2 Å². The van der Waals surface area contributed by atoms with Crippen molar-refractivity contribution < 1.29 is 10.2 Å². The summed E-state index contributed by atoms with van der Waals surface area (Å²) in [5, 5.41) is 19.0. The highest BCUT2D eigenvalue weighted by atomic mass is 35.5. The first kappa shape index (κ1) is 11.9. The van der Waals surface area contributed by atoms with Gasteiger partial charge in [-0.3, -0.25) is 4.90 Å². The lowest BCUT2D eigenvalue weighted by molar-refractivity contribution is 0.0551. The zero-order chi connectivity index (χ0) is 11.5. The molecule has 1 atom stereocenters. The fraction of sp³-hybridized carbons (Fsp3) is 0.500. The van der Waals surface area contributed by atoms with Crippen LogP contribution < -0.4 is 0 Å². The Balaban J connectivity index is 2.05. The summed E-state index contributed by atoms with van der Waals surface area (Å²) in [5.74, 6) is 0. The molecule has 0 fully saturated rings. The Kier molecular flexibility index (Phi) is 3.82. The summed E-state index contributed by atoms with van der Waals surface area (Å²) in [4.78, 5) is 2.14. The van der Waals surface area contributed by atoms with Crippen molar-refractivity contribution >= 4 is 11.6 Å². The van der Waals surface area contributed by atoms with Crippen LogP contribution in [0.25, 0.3) is 0 Å². The van der Waals surface area contributed by atoms with Crippen molar-refractivity contribution in [2.45, 2.75) is 19.1 Å². The number of hydrogen-bond acceptors (Lipinski definition) is 3. The first-order valence-electron chi connectivity index (χ1n) is 5.47. The summed E-state index contributed by atoms with van der Waals surface area (Å²) in [6.45, 7) is 2.06. The maximum absolute atomic E-state index is 9.40. The molecule has 0 spiro atoms. The predicted molar refractivity (Wildman–Crippen MR) is 63.5 cm³/mol.